The van der Waals surface area contributed by atoms with Gasteiger partial charge >= 0.3 is 0 Å². The molecule has 1 fully saturated rings. The molecule has 0 radical (unpaired) electrons. The van der Waals surface area contributed by atoms with Gasteiger partial charge in [0.1, 0.15) is 5.76 Å². The molecule has 1 aliphatic rings. The summed E-state index contributed by atoms with van der Waals surface area (Å²) in [5, 5.41) is 1.13. The van der Waals surface area contributed by atoms with Crippen LogP contribution >= 0.6 is 15.9 Å². The molecule has 1 aromatic heterocycles. The van der Waals surface area contributed by atoms with Crippen molar-refractivity contribution >= 4 is 15.9 Å². The number of halogens is 1. The van der Waals surface area contributed by atoms with Crippen molar-refractivity contribution in [2.24, 2.45) is 0 Å². The van der Waals surface area contributed by atoms with Gasteiger partial charge in [-0.1, -0.05) is 35.2 Å². The van der Waals surface area contributed by atoms with Crippen LogP contribution in [0.15, 0.2) is 22.8 Å². The number of rotatable bonds is 8. The molecule has 19 heavy (non-hydrogen) atoms. The second-order valence-electron chi connectivity index (χ2n) is 5.42. The molecule has 0 bridgehead atoms. The van der Waals surface area contributed by atoms with Gasteiger partial charge in [0, 0.05) is 17.9 Å². The maximum absolute atomic E-state index is 5.97. The number of furan rings is 1. The Morgan fingerprint density at radius 2 is 2.11 bits per heavy atom. The van der Waals surface area contributed by atoms with Gasteiger partial charge in [0.25, 0.3) is 0 Å². The maximum atomic E-state index is 5.97. The first-order valence-corrected chi connectivity index (χ1v) is 8.75. The van der Waals surface area contributed by atoms with Crippen LogP contribution in [-0.2, 0) is 4.74 Å². The first-order chi connectivity index (χ1) is 9.42. The van der Waals surface area contributed by atoms with Crippen LogP contribution in [0.5, 0.6) is 0 Å². The summed E-state index contributed by atoms with van der Waals surface area (Å²) >= 11 is 3.49. The lowest BCUT2D eigenvalue weighted by atomic mass is 9.89. The lowest BCUT2D eigenvalue weighted by molar-refractivity contribution is -0.00736. The van der Waals surface area contributed by atoms with E-state index in [-0.39, 0.29) is 0 Å². The average Bonchev–Trinajstić information content (AvgIpc) is 2.98. The minimum atomic E-state index is 0.371. The molecule has 2 atom stereocenters. The molecular formula is C16H25BrO2. The largest absolute Gasteiger partial charge is 0.469 e. The van der Waals surface area contributed by atoms with Crippen LogP contribution < -0.4 is 0 Å². The summed E-state index contributed by atoms with van der Waals surface area (Å²) in [6.45, 7) is 0.922. The van der Waals surface area contributed by atoms with Gasteiger partial charge in [-0.15, -0.1) is 0 Å². The van der Waals surface area contributed by atoms with E-state index in [1.54, 1.807) is 6.26 Å². The summed E-state index contributed by atoms with van der Waals surface area (Å²) in [6.07, 6.45) is 12.2. The molecule has 3 heteroatoms. The van der Waals surface area contributed by atoms with E-state index in [1.807, 2.05) is 6.07 Å². The molecule has 0 saturated carbocycles. The molecule has 2 unspecified atom stereocenters. The second-order valence-corrected chi connectivity index (χ2v) is 6.21. The van der Waals surface area contributed by atoms with E-state index in [9.17, 15) is 0 Å². The highest BCUT2D eigenvalue weighted by molar-refractivity contribution is 9.09. The maximum Gasteiger partial charge on any atom is 0.109 e. The second kappa shape index (κ2) is 8.80. The number of hydrogen-bond donors (Lipinski definition) is 0. The van der Waals surface area contributed by atoms with Gasteiger partial charge in [-0.05, 0) is 44.2 Å². The molecule has 1 saturated heterocycles. The van der Waals surface area contributed by atoms with Gasteiger partial charge < -0.3 is 9.15 Å². The molecule has 0 aromatic carbocycles. The van der Waals surface area contributed by atoms with Crippen molar-refractivity contribution in [2.45, 2.75) is 63.4 Å². The van der Waals surface area contributed by atoms with E-state index in [0.29, 0.717) is 12.0 Å². The Morgan fingerprint density at radius 1 is 1.21 bits per heavy atom. The molecule has 0 aliphatic carbocycles. The minimum absolute atomic E-state index is 0.371. The zero-order chi connectivity index (χ0) is 13.3. The van der Waals surface area contributed by atoms with E-state index in [0.717, 1.165) is 17.7 Å². The first-order valence-electron chi connectivity index (χ1n) is 7.63. The van der Waals surface area contributed by atoms with Gasteiger partial charge in [0.2, 0.25) is 0 Å². The number of ether oxygens (including phenoxy) is 1. The van der Waals surface area contributed by atoms with Crippen molar-refractivity contribution < 1.29 is 9.15 Å². The molecular weight excluding hydrogens is 304 g/mol. The molecule has 0 amide bonds. The Balaban J connectivity index is 1.83. The molecule has 1 aliphatic heterocycles. The number of hydrogen-bond acceptors (Lipinski definition) is 2. The molecule has 108 valence electrons. The Morgan fingerprint density at radius 3 is 2.79 bits per heavy atom. The Kier molecular flexibility index (Phi) is 7.00. The summed E-state index contributed by atoms with van der Waals surface area (Å²) in [6, 6.07) is 4.11. The van der Waals surface area contributed by atoms with Crippen molar-refractivity contribution in [3.8, 4) is 0 Å². The van der Waals surface area contributed by atoms with Crippen LogP contribution in [0.1, 0.15) is 63.0 Å². The van der Waals surface area contributed by atoms with Crippen LogP contribution in [0.25, 0.3) is 0 Å². The first kappa shape index (κ1) is 15.1. The van der Waals surface area contributed by atoms with Gasteiger partial charge in [-0.25, -0.2) is 0 Å². The van der Waals surface area contributed by atoms with E-state index < -0.39 is 0 Å². The fourth-order valence-corrected chi connectivity index (χ4v) is 3.31. The normalized spacial score (nSPS) is 21.4. The topological polar surface area (TPSA) is 22.4 Å². The average molecular weight is 329 g/mol. The van der Waals surface area contributed by atoms with Crippen molar-refractivity contribution in [1.82, 2.24) is 0 Å². The van der Waals surface area contributed by atoms with Crippen molar-refractivity contribution in [2.75, 3.05) is 11.9 Å². The van der Waals surface area contributed by atoms with Crippen LogP contribution in [-0.4, -0.2) is 18.0 Å². The molecule has 2 nitrogen and oxygen atoms in total. The fraction of sp³-hybridized carbons (Fsp3) is 0.750. The third-order valence-corrected chi connectivity index (χ3v) is 4.53. The summed E-state index contributed by atoms with van der Waals surface area (Å²) in [5.41, 5.74) is 0. The molecule has 1 aromatic rings. The van der Waals surface area contributed by atoms with Crippen LogP contribution in [0.4, 0.5) is 0 Å². The fourth-order valence-electron chi connectivity index (χ4n) is 2.91. The van der Waals surface area contributed by atoms with E-state index in [4.69, 9.17) is 9.15 Å². The molecule has 0 spiro atoms. The lowest BCUT2D eigenvalue weighted by Crippen LogP contribution is -2.26. The summed E-state index contributed by atoms with van der Waals surface area (Å²) < 4.78 is 11.6. The zero-order valence-corrected chi connectivity index (χ0v) is 13.2. The summed E-state index contributed by atoms with van der Waals surface area (Å²) in [7, 11) is 0. The molecule has 0 N–H and O–H groups in total. The third kappa shape index (κ3) is 4.96. The SMILES string of the molecule is BrCCCCCCC(c1ccco1)C1CCCCO1. The Bertz CT molecular complexity index is 317. The smallest absolute Gasteiger partial charge is 0.109 e. The van der Waals surface area contributed by atoms with Crippen LogP contribution in [0, 0.1) is 0 Å². The molecule has 2 rings (SSSR count). The Labute approximate surface area is 125 Å². The van der Waals surface area contributed by atoms with Crippen molar-refractivity contribution in [3.63, 3.8) is 0 Å². The van der Waals surface area contributed by atoms with Gasteiger partial charge in [-0.3, -0.25) is 0 Å². The van der Waals surface area contributed by atoms with E-state index in [1.165, 1.54) is 51.4 Å². The van der Waals surface area contributed by atoms with Crippen LogP contribution in [0.2, 0.25) is 0 Å². The highest BCUT2D eigenvalue weighted by atomic mass is 79.9. The predicted molar refractivity (Wildman–Crippen MR) is 81.9 cm³/mol. The summed E-state index contributed by atoms with van der Waals surface area (Å²) in [5.74, 6) is 1.58. The predicted octanol–water partition coefficient (Wildman–Crippen LogP) is 5.28. The van der Waals surface area contributed by atoms with E-state index >= 15 is 0 Å². The lowest BCUT2D eigenvalue weighted by Gasteiger charge is -2.29. The monoisotopic (exact) mass is 328 g/mol. The van der Waals surface area contributed by atoms with Gasteiger partial charge in [0.15, 0.2) is 0 Å². The third-order valence-electron chi connectivity index (χ3n) is 3.97. The highest BCUT2D eigenvalue weighted by Gasteiger charge is 2.27. The number of unbranched alkanes of at least 4 members (excludes halogenated alkanes) is 3. The van der Waals surface area contributed by atoms with E-state index in [2.05, 4.69) is 22.0 Å². The van der Waals surface area contributed by atoms with Gasteiger partial charge in [0.05, 0.1) is 12.4 Å². The van der Waals surface area contributed by atoms with Crippen molar-refractivity contribution in [3.05, 3.63) is 24.2 Å². The number of alkyl halides is 1. The zero-order valence-electron chi connectivity index (χ0n) is 11.7. The highest BCUT2D eigenvalue weighted by Crippen LogP contribution is 2.33. The van der Waals surface area contributed by atoms with Crippen LogP contribution in [0.3, 0.4) is 0 Å². The minimum Gasteiger partial charge on any atom is -0.469 e. The summed E-state index contributed by atoms with van der Waals surface area (Å²) in [4.78, 5) is 0. The van der Waals surface area contributed by atoms with Crippen molar-refractivity contribution in [1.29, 1.82) is 0 Å². The standard InChI is InChI=1S/C16H25BrO2/c17-11-5-2-1-3-8-14(16-10-7-13-19-16)15-9-4-6-12-18-15/h7,10,13-15H,1-6,8-9,11-12H2. The van der Waals surface area contributed by atoms with Gasteiger partial charge in [-0.2, -0.15) is 0 Å². The molecule has 2 heterocycles. The quantitative estimate of drug-likeness (QED) is 0.478. The Hall–Kier alpha value is -0.280.